The normalized spacial score (nSPS) is 32.0. The maximum atomic E-state index is 12.4. The first kappa shape index (κ1) is 15.5. The summed E-state index contributed by atoms with van der Waals surface area (Å²) in [6.07, 6.45) is 5.05. The van der Waals surface area contributed by atoms with Crippen LogP contribution in [0.4, 0.5) is 4.79 Å². The van der Waals surface area contributed by atoms with Gasteiger partial charge in [0, 0.05) is 43.5 Å². The van der Waals surface area contributed by atoms with Crippen LogP contribution >= 0.6 is 0 Å². The van der Waals surface area contributed by atoms with Gasteiger partial charge in [-0.1, -0.05) is 0 Å². The van der Waals surface area contributed by atoms with E-state index in [1.807, 2.05) is 15.8 Å². The van der Waals surface area contributed by atoms with Crippen molar-refractivity contribution in [3.8, 4) is 0 Å². The molecule has 1 aromatic rings. The number of nitrogens with zero attached hydrogens (tertiary/aromatic N) is 3. The summed E-state index contributed by atoms with van der Waals surface area (Å²) >= 11 is 0. The van der Waals surface area contributed by atoms with E-state index >= 15 is 0 Å². The van der Waals surface area contributed by atoms with Gasteiger partial charge in [0.05, 0.1) is 5.41 Å². The molecule has 4 rings (SSSR count). The van der Waals surface area contributed by atoms with Crippen LogP contribution in [0.2, 0.25) is 0 Å². The Balaban J connectivity index is 1.28. The molecular weight excluding hydrogens is 308 g/mol. The molecule has 2 saturated carbocycles. The number of aliphatic carboxylic acids is 1. The Kier molecular flexibility index (Phi) is 3.54. The van der Waals surface area contributed by atoms with Gasteiger partial charge < -0.3 is 15.3 Å². The lowest BCUT2D eigenvalue weighted by Crippen LogP contribution is -2.53. The minimum atomic E-state index is -0.702. The average molecular weight is 332 g/mol. The molecule has 3 fully saturated rings. The first-order valence-electron chi connectivity index (χ1n) is 8.85. The third kappa shape index (κ3) is 2.29. The largest absolute Gasteiger partial charge is 0.481 e. The number of aromatic nitrogens is 2. The molecule has 2 heterocycles. The molecule has 2 aliphatic carbocycles. The van der Waals surface area contributed by atoms with Crippen LogP contribution in [-0.4, -0.2) is 50.9 Å². The number of likely N-dealkylation sites (tertiary alicyclic amines) is 1. The number of carbonyl (C=O) groups excluding carboxylic acids is 1. The van der Waals surface area contributed by atoms with Gasteiger partial charge in [0.1, 0.15) is 0 Å². The topological polar surface area (TPSA) is 87.5 Å². The Hall–Kier alpha value is -2.05. The Morgan fingerprint density at radius 3 is 2.71 bits per heavy atom. The molecule has 0 spiro atoms. The van der Waals surface area contributed by atoms with Gasteiger partial charge in [0.2, 0.25) is 0 Å². The third-order valence-corrected chi connectivity index (χ3v) is 6.19. The molecule has 0 radical (unpaired) electrons. The molecule has 3 aliphatic rings. The van der Waals surface area contributed by atoms with Crippen molar-refractivity contribution in [2.45, 2.75) is 51.1 Å². The lowest BCUT2D eigenvalue weighted by molar-refractivity contribution is -0.147. The summed E-state index contributed by atoms with van der Waals surface area (Å²) in [6, 6.07) is 2.10. The highest BCUT2D eigenvalue weighted by Gasteiger charge is 2.72. The SMILES string of the molecule is CCn1nccc1C1CCN(C(=O)N[C@@H]2C[C@]3(C(=O)O)C[C@H]23)CC1. The van der Waals surface area contributed by atoms with E-state index in [1.54, 1.807) is 0 Å². The van der Waals surface area contributed by atoms with Crippen LogP contribution in [0.3, 0.4) is 0 Å². The number of carboxylic acid groups (broad SMARTS) is 1. The second-order valence-corrected chi connectivity index (χ2v) is 7.37. The molecule has 7 nitrogen and oxygen atoms in total. The van der Waals surface area contributed by atoms with Gasteiger partial charge in [0.25, 0.3) is 0 Å². The Morgan fingerprint density at radius 1 is 1.38 bits per heavy atom. The number of urea groups is 1. The molecule has 7 heteroatoms. The highest BCUT2D eigenvalue weighted by atomic mass is 16.4. The number of carboxylic acids is 1. The van der Waals surface area contributed by atoms with Gasteiger partial charge in [-0.2, -0.15) is 5.10 Å². The van der Waals surface area contributed by atoms with Crippen molar-refractivity contribution >= 4 is 12.0 Å². The maximum absolute atomic E-state index is 12.4. The molecule has 1 saturated heterocycles. The van der Waals surface area contributed by atoms with Crippen LogP contribution in [-0.2, 0) is 11.3 Å². The van der Waals surface area contributed by atoms with Crippen molar-refractivity contribution in [1.82, 2.24) is 20.0 Å². The molecule has 24 heavy (non-hydrogen) atoms. The fourth-order valence-corrected chi connectivity index (χ4v) is 4.54. The maximum Gasteiger partial charge on any atom is 0.317 e. The van der Waals surface area contributed by atoms with Crippen molar-refractivity contribution in [1.29, 1.82) is 0 Å². The summed E-state index contributed by atoms with van der Waals surface area (Å²) in [5.74, 6) is -0.0926. The number of nitrogens with one attached hydrogen (secondary N) is 1. The third-order valence-electron chi connectivity index (χ3n) is 6.19. The predicted octanol–water partition coefficient (Wildman–Crippen LogP) is 1.66. The van der Waals surface area contributed by atoms with Crippen molar-refractivity contribution in [2.75, 3.05) is 13.1 Å². The summed E-state index contributed by atoms with van der Waals surface area (Å²) in [5, 5.41) is 16.5. The number of hydrogen-bond acceptors (Lipinski definition) is 3. The molecule has 3 atom stereocenters. The molecule has 0 unspecified atom stereocenters. The summed E-state index contributed by atoms with van der Waals surface area (Å²) in [7, 11) is 0. The summed E-state index contributed by atoms with van der Waals surface area (Å²) in [6.45, 7) is 4.45. The van der Waals surface area contributed by atoms with Crippen LogP contribution in [0.5, 0.6) is 0 Å². The molecule has 0 bridgehead atoms. The van der Waals surface area contributed by atoms with E-state index < -0.39 is 11.4 Å². The number of piperidine rings is 1. The Labute approximate surface area is 141 Å². The van der Waals surface area contributed by atoms with E-state index in [0.717, 1.165) is 38.9 Å². The van der Waals surface area contributed by atoms with Crippen LogP contribution in [0.25, 0.3) is 0 Å². The van der Waals surface area contributed by atoms with E-state index in [2.05, 4.69) is 23.4 Å². The van der Waals surface area contributed by atoms with Crippen molar-refractivity contribution in [3.63, 3.8) is 0 Å². The molecule has 130 valence electrons. The van der Waals surface area contributed by atoms with Crippen LogP contribution in [0.15, 0.2) is 12.3 Å². The monoisotopic (exact) mass is 332 g/mol. The quantitative estimate of drug-likeness (QED) is 0.878. The molecule has 2 amide bonds. The van der Waals surface area contributed by atoms with Gasteiger partial charge in [-0.15, -0.1) is 0 Å². The molecular formula is C17H24N4O3. The zero-order chi connectivity index (χ0) is 16.9. The number of carbonyl (C=O) groups is 2. The van der Waals surface area contributed by atoms with Crippen LogP contribution < -0.4 is 5.32 Å². The molecule has 1 aliphatic heterocycles. The minimum absolute atomic E-state index is 0.0339. The lowest BCUT2D eigenvalue weighted by Gasteiger charge is -2.37. The fourth-order valence-electron chi connectivity index (χ4n) is 4.54. The number of amides is 2. The Bertz CT molecular complexity index is 665. The zero-order valence-corrected chi connectivity index (χ0v) is 13.9. The second kappa shape index (κ2) is 5.50. The van der Waals surface area contributed by atoms with Crippen LogP contribution in [0, 0.1) is 11.3 Å². The highest BCUT2D eigenvalue weighted by Crippen LogP contribution is 2.67. The number of hydrogen-bond donors (Lipinski definition) is 2. The standard InChI is InChI=1S/C17H24N4O3/c1-2-21-14(3-6-18-21)11-4-7-20(8-5-11)16(24)19-13-10-17(15(22)23)9-12(13)17/h3,6,11-13H,2,4-5,7-10H2,1H3,(H,19,24)(H,22,23)/t12-,13-,17-/m1/s1. The average Bonchev–Trinajstić information content (AvgIpc) is 2.95. The lowest BCUT2D eigenvalue weighted by atomic mass is 9.80. The smallest absolute Gasteiger partial charge is 0.317 e. The van der Waals surface area contributed by atoms with Gasteiger partial charge in [-0.3, -0.25) is 9.48 Å². The highest BCUT2D eigenvalue weighted by molar-refractivity contribution is 5.82. The van der Waals surface area contributed by atoms with Gasteiger partial charge in [-0.25, -0.2) is 4.79 Å². The zero-order valence-electron chi connectivity index (χ0n) is 13.9. The fraction of sp³-hybridized carbons (Fsp3) is 0.706. The van der Waals surface area contributed by atoms with E-state index in [4.69, 9.17) is 5.11 Å². The van der Waals surface area contributed by atoms with Crippen molar-refractivity contribution in [2.24, 2.45) is 11.3 Å². The molecule has 0 aromatic carbocycles. The first-order valence-corrected chi connectivity index (χ1v) is 8.85. The minimum Gasteiger partial charge on any atom is -0.481 e. The van der Waals surface area contributed by atoms with Crippen LogP contribution in [0.1, 0.15) is 44.2 Å². The van der Waals surface area contributed by atoms with E-state index in [-0.39, 0.29) is 18.0 Å². The number of fused-ring (bicyclic) bond motifs is 1. The van der Waals surface area contributed by atoms with Crippen molar-refractivity contribution < 1.29 is 14.7 Å². The molecule has 1 aromatic heterocycles. The van der Waals surface area contributed by atoms with E-state index in [1.165, 1.54) is 5.69 Å². The second-order valence-electron chi connectivity index (χ2n) is 7.37. The first-order chi connectivity index (χ1) is 11.5. The number of rotatable bonds is 4. The van der Waals surface area contributed by atoms with Gasteiger partial charge >= 0.3 is 12.0 Å². The summed E-state index contributed by atoms with van der Waals surface area (Å²) < 4.78 is 2.04. The summed E-state index contributed by atoms with van der Waals surface area (Å²) in [4.78, 5) is 25.4. The van der Waals surface area contributed by atoms with E-state index in [9.17, 15) is 9.59 Å². The van der Waals surface area contributed by atoms with E-state index in [0.29, 0.717) is 12.3 Å². The van der Waals surface area contributed by atoms with Gasteiger partial charge in [-0.05, 0) is 44.6 Å². The molecule has 2 N–H and O–H groups in total. The summed E-state index contributed by atoms with van der Waals surface area (Å²) in [5.41, 5.74) is 0.754. The predicted molar refractivity (Wildman–Crippen MR) is 86.6 cm³/mol. The number of aryl methyl sites for hydroxylation is 1. The van der Waals surface area contributed by atoms with Gasteiger partial charge in [0.15, 0.2) is 0 Å². The Morgan fingerprint density at radius 2 is 2.12 bits per heavy atom. The van der Waals surface area contributed by atoms with Crippen molar-refractivity contribution in [3.05, 3.63) is 18.0 Å².